The van der Waals surface area contributed by atoms with Gasteiger partial charge in [-0.2, -0.15) is 5.10 Å². The van der Waals surface area contributed by atoms with Crippen LogP contribution in [0.5, 0.6) is 0 Å². The van der Waals surface area contributed by atoms with Crippen LogP contribution in [-0.4, -0.2) is 33.2 Å². The van der Waals surface area contributed by atoms with Crippen molar-refractivity contribution in [3.63, 3.8) is 0 Å². The van der Waals surface area contributed by atoms with Gasteiger partial charge in [-0.1, -0.05) is 20.8 Å². The van der Waals surface area contributed by atoms with Crippen molar-refractivity contribution in [1.29, 1.82) is 0 Å². The molecule has 3 aliphatic rings. The number of esters is 1. The fourth-order valence-corrected chi connectivity index (χ4v) is 5.52. The first-order chi connectivity index (χ1) is 14.3. The summed E-state index contributed by atoms with van der Waals surface area (Å²) in [4.78, 5) is 36.8. The minimum absolute atomic E-state index is 0.0100. The standard InChI is InChI=1S/C23H34BrN3O4/c1-13-16-9-14(23(16,5)6)10-17(13)26-18-11-25-27(21(30)20(18)24)12-15(28)7-8-19(29)31-22(2,3)4/h11,13-14,16-17,26H,7-10,12H2,1-6H3/t13-,14-,16+,17-/m1/s1. The number of ketones is 1. The van der Waals surface area contributed by atoms with Crippen molar-refractivity contribution in [2.75, 3.05) is 5.32 Å². The van der Waals surface area contributed by atoms with Gasteiger partial charge < -0.3 is 10.1 Å². The van der Waals surface area contributed by atoms with Crippen LogP contribution in [0.1, 0.15) is 67.2 Å². The molecule has 0 amide bonds. The fraction of sp³-hybridized carbons (Fsp3) is 0.739. The summed E-state index contributed by atoms with van der Waals surface area (Å²) in [5.74, 6) is 1.25. The van der Waals surface area contributed by atoms with E-state index in [1.807, 2.05) is 0 Å². The molecule has 1 aromatic heterocycles. The number of fused-ring (bicyclic) bond motifs is 2. The minimum Gasteiger partial charge on any atom is -0.460 e. The molecule has 3 fully saturated rings. The SMILES string of the molecule is C[C@H]1[C@H](Nc2cnn(CC(=O)CCC(=O)OC(C)(C)C)c(=O)c2Br)C[C@H]2C[C@@H]1C2(C)C. The van der Waals surface area contributed by atoms with E-state index in [2.05, 4.69) is 47.1 Å². The van der Waals surface area contributed by atoms with Gasteiger partial charge in [-0.25, -0.2) is 4.68 Å². The number of carbonyl (C=O) groups excluding carboxylic acids is 2. The van der Waals surface area contributed by atoms with E-state index in [-0.39, 0.29) is 30.7 Å². The molecule has 4 atom stereocenters. The first kappa shape index (κ1) is 24.0. The monoisotopic (exact) mass is 495 g/mol. The molecule has 8 heteroatoms. The fourth-order valence-electron chi connectivity index (χ4n) is 5.10. The van der Waals surface area contributed by atoms with Gasteiger partial charge in [0, 0.05) is 12.5 Å². The van der Waals surface area contributed by atoms with Crippen LogP contribution in [0, 0.1) is 23.2 Å². The molecule has 0 spiro atoms. The summed E-state index contributed by atoms with van der Waals surface area (Å²) in [7, 11) is 0. The Balaban J connectivity index is 1.59. The largest absolute Gasteiger partial charge is 0.460 e. The summed E-state index contributed by atoms with van der Waals surface area (Å²) in [5.41, 5.74) is 0.122. The first-order valence-corrected chi connectivity index (χ1v) is 11.8. The van der Waals surface area contributed by atoms with Crippen molar-refractivity contribution in [2.24, 2.45) is 23.2 Å². The maximum Gasteiger partial charge on any atom is 0.306 e. The summed E-state index contributed by atoms with van der Waals surface area (Å²) in [6.07, 6.45) is 3.98. The van der Waals surface area contributed by atoms with Gasteiger partial charge >= 0.3 is 5.97 Å². The normalized spacial score (nSPS) is 26.7. The molecule has 31 heavy (non-hydrogen) atoms. The molecule has 0 radical (unpaired) electrons. The molecule has 2 bridgehead atoms. The van der Waals surface area contributed by atoms with Crippen LogP contribution in [0.4, 0.5) is 5.69 Å². The molecular formula is C23H34BrN3O4. The number of nitrogens with one attached hydrogen (secondary N) is 1. The van der Waals surface area contributed by atoms with Crippen LogP contribution in [0.2, 0.25) is 0 Å². The maximum absolute atomic E-state index is 12.7. The van der Waals surface area contributed by atoms with E-state index in [1.165, 1.54) is 6.42 Å². The van der Waals surface area contributed by atoms with Gasteiger partial charge in [-0.15, -0.1) is 0 Å². The van der Waals surface area contributed by atoms with Crippen molar-refractivity contribution in [2.45, 2.75) is 85.4 Å². The smallest absolute Gasteiger partial charge is 0.306 e. The zero-order valence-corrected chi connectivity index (χ0v) is 20.9. The van der Waals surface area contributed by atoms with E-state index < -0.39 is 11.6 Å². The average molecular weight is 496 g/mol. The molecule has 3 saturated carbocycles. The van der Waals surface area contributed by atoms with E-state index in [0.29, 0.717) is 39.4 Å². The van der Waals surface area contributed by atoms with Crippen LogP contribution in [0.15, 0.2) is 15.5 Å². The molecule has 3 aliphatic carbocycles. The van der Waals surface area contributed by atoms with Gasteiger partial charge in [0.1, 0.15) is 16.6 Å². The number of ether oxygens (including phenoxy) is 1. The molecular weight excluding hydrogens is 462 g/mol. The molecule has 0 saturated heterocycles. The second-order valence-corrected chi connectivity index (χ2v) is 11.5. The number of hydrogen-bond acceptors (Lipinski definition) is 6. The lowest BCUT2D eigenvalue weighted by Crippen LogP contribution is -2.58. The minimum atomic E-state index is -0.585. The van der Waals surface area contributed by atoms with Crippen LogP contribution in [0.25, 0.3) is 0 Å². The van der Waals surface area contributed by atoms with E-state index in [9.17, 15) is 14.4 Å². The summed E-state index contributed by atoms with van der Waals surface area (Å²) < 4.78 is 6.73. The quantitative estimate of drug-likeness (QED) is 0.570. The molecule has 1 aromatic rings. The van der Waals surface area contributed by atoms with Crippen LogP contribution >= 0.6 is 15.9 Å². The van der Waals surface area contributed by atoms with Gasteiger partial charge in [-0.3, -0.25) is 14.4 Å². The van der Waals surface area contributed by atoms with Crippen molar-refractivity contribution >= 4 is 33.4 Å². The predicted octanol–water partition coefficient (Wildman–Crippen LogP) is 4.18. The van der Waals surface area contributed by atoms with Crippen LogP contribution in [-0.2, 0) is 20.9 Å². The number of Topliss-reactive ketones (excluding diaryl/α,β-unsaturated/α-hetero) is 1. The summed E-state index contributed by atoms with van der Waals surface area (Å²) in [5, 5.41) is 7.70. The molecule has 1 N–H and O–H groups in total. The highest BCUT2D eigenvalue weighted by Gasteiger charge is 2.56. The Bertz CT molecular complexity index is 918. The van der Waals surface area contributed by atoms with E-state index in [0.717, 1.165) is 11.1 Å². The third-order valence-corrected chi connectivity index (χ3v) is 7.80. The van der Waals surface area contributed by atoms with Gasteiger partial charge in [0.15, 0.2) is 5.78 Å². The van der Waals surface area contributed by atoms with Crippen LogP contribution in [0.3, 0.4) is 0 Å². The number of halogens is 1. The summed E-state index contributed by atoms with van der Waals surface area (Å²) in [6.45, 7) is 12.2. The van der Waals surface area contributed by atoms with E-state index in [4.69, 9.17) is 4.74 Å². The van der Waals surface area contributed by atoms with Gasteiger partial charge in [0.05, 0.1) is 18.3 Å². The number of rotatable bonds is 7. The zero-order valence-electron chi connectivity index (χ0n) is 19.3. The lowest BCUT2D eigenvalue weighted by molar-refractivity contribution is -0.155. The maximum atomic E-state index is 12.7. The van der Waals surface area contributed by atoms with Crippen molar-refractivity contribution in [1.82, 2.24) is 9.78 Å². The third-order valence-electron chi connectivity index (χ3n) is 7.03. The predicted molar refractivity (Wildman–Crippen MR) is 123 cm³/mol. The van der Waals surface area contributed by atoms with Gasteiger partial charge in [-0.05, 0) is 72.7 Å². The number of anilines is 1. The van der Waals surface area contributed by atoms with Crippen LogP contribution < -0.4 is 10.9 Å². The zero-order chi connectivity index (χ0) is 23.1. The van der Waals surface area contributed by atoms with Crippen molar-refractivity contribution < 1.29 is 14.3 Å². The highest BCUT2D eigenvalue weighted by molar-refractivity contribution is 9.10. The second-order valence-electron chi connectivity index (χ2n) is 10.7. The number of hydrogen-bond donors (Lipinski definition) is 1. The molecule has 0 unspecified atom stereocenters. The number of nitrogens with zero attached hydrogens (tertiary/aromatic N) is 2. The number of carbonyl (C=O) groups is 2. The molecule has 7 nitrogen and oxygen atoms in total. The Morgan fingerprint density at radius 2 is 1.97 bits per heavy atom. The third kappa shape index (κ3) is 5.21. The van der Waals surface area contributed by atoms with Gasteiger partial charge in [0.25, 0.3) is 5.56 Å². The van der Waals surface area contributed by atoms with E-state index >= 15 is 0 Å². The first-order valence-electron chi connectivity index (χ1n) is 11.1. The second kappa shape index (κ2) is 8.68. The van der Waals surface area contributed by atoms with Gasteiger partial charge in [0.2, 0.25) is 0 Å². The Morgan fingerprint density at radius 1 is 1.29 bits per heavy atom. The highest BCUT2D eigenvalue weighted by Crippen LogP contribution is 2.61. The molecule has 4 rings (SSSR count). The van der Waals surface area contributed by atoms with E-state index in [1.54, 1.807) is 27.0 Å². The highest BCUT2D eigenvalue weighted by atomic mass is 79.9. The summed E-state index contributed by atoms with van der Waals surface area (Å²) in [6, 6.07) is 0.306. The molecule has 0 aromatic carbocycles. The van der Waals surface area contributed by atoms with Crippen molar-refractivity contribution in [3.8, 4) is 0 Å². The lowest BCUT2D eigenvalue weighted by Gasteiger charge is -2.62. The Hall–Kier alpha value is -1.70. The van der Waals surface area contributed by atoms with Crippen molar-refractivity contribution in [3.05, 3.63) is 21.0 Å². The summed E-state index contributed by atoms with van der Waals surface area (Å²) >= 11 is 3.39. The molecule has 1 heterocycles. The lowest BCUT2D eigenvalue weighted by atomic mass is 9.45. The average Bonchev–Trinajstić information content (AvgIpc) is 2.65. The Morgan fingerprint density at radius 3 is 2.55 bits per heavy atom. The Labute approximate surface area is 192 Å². The Kier molecular flexibility index (Phi) is 6.71. The molecule has 0 aliphatic heterocycles. The molecule has 172 valence electrons. The topological polar surface area (TPSA) is 90.3 Å². The number of aromatic nitrogens is 2.